The highest BCUT2D eigenvalue weighted by Gasteiger charge is 2.12. The van der Waals surface area contributed by atoms with Crippen molar-refractivity contribution < 1.29 is 9.21 Å². The molecule has 4 heterocycles. The zero-order valence-electron chi connectivity index (χ0n) is 14.8. The SMILES string of the molecule is Cn1cc(-c2ccc3nnc(NC(=O)c4cc5ccoc5cn4)cc3c2)cn1. The molecule has 4 aromatic heterocycles. The summed E-state index contributed by atoms with van der Waals surface area (Å²) >= 11 is 0. The summed E-state index contributed by atoms with van der Waals surface area (Å²) in [5.41, 5.74) is 3.66. The number of amides is 1. The molecule has 0 atom stereocenters. The summed E-state index contributed by atoms with van der Waals surface area (Å²) in [4.78, 5) is 16.7. The molecule has 1 N–H and O–H groups in total. The van der Waals surface area contributed by atoms with Gasteiger partial charge in [0.25, 0.3) is 5.91 Å². The number of nitrogens with zero attached hydrogens (tertiary/aromatic N) is 5. The van der Waals surface area contributed by atoms with Crippen LogP contribution in [0.3, 0.4) is 0 Å². The first-order valence-corrected chi connectivity index (χ1v) is 8.57. The van der Waals surface area contributed by atoms with E-state index in [1.165, 1.54) is 6.20 Å². The van der Waals surface area contributed by atoms with Crippen LogP contribution in [0.1, 0.15) is 10.5 Å². The Morgan fingerprint density at radius 3 is 2.82 bits per heavy atom. The topological polar surface area (TPSA) is 98.7 Å². The van der Waals surface area contributed by atoms with E-state index in [2.05, 4.69) is 25.6 Å². The quantitative estimate of drug-likeness (QED) is 0.522. The van der Waals surface area contributed by atoms with Gasteiger partial charge >= 0.3 is 0 Å². The molecule has 5 rings (SSSR count). The third kappa shape index (κ3) is 2.86. The Balaban J connectivity index is 1.45. The lowest BCUT2D eigenvalue weighted by Gasteiger charge is -2.06. The van der Waals surface area contributed by atoms with Crippen molar-refractivity contribution in [2.45, 2.75) is 0 Å². The number of fused-ring (bicyclic) bond motifs is 2. The van der Waals surface area contributed by atoms with Gasteiger partial charge in [0.2, 0.25) is 0 Å². The minimum atomic E-state index is -0.361. The molecule has 0 aliphatic rings. The maximum absolute atomic E-state index is 12.5. The van der Waals surface area contributed by atoms with Gasteiger partial charge in [0.1, 0.15) is 5.69 Å². The molecule has 0 fully saturated rings. The van der Waals surface area contributed by atoms with Gasteiger partial charge < -0.3 is 9.73 Å². The molecule has 0 saturated carbocycles. The number of pyridine rings is 1. The van der Waals surface area contributed by atoms with E-state index < -0.39 is 0 Å². The van der Waals surface area contributed by atoms with Gasteiger partial charge in [-0.2, -0.15) is 5.10 Å². The van der Waals surface area contributed by atoms with Crippen molar-refractivity contribution in [1.29, 1.82) is 0 Å². The van der Waals surface area contributed by atoms with E-state index in [1.54, 1.807) is 35.3 Å². The number of rotatable bonds is 3. The average molecular weight is 370 g/mol. The number of carbonyl (C=O) groups excluding carboxylic acids is 1. The molecule has 0 aliphatic heterocycles. The Bertz CT molecular complexity index is 1340. The third-order valence-corrected chi connectivity index (χ3v) is 4.44. The van der Waals surface area contributed by atoms with Crippen molar-refractivity contribution in [3.05, 3.63) is 66.9 Å². The van der Waals surface area contributed by atoms with Crippen LogP contribution in [0.4, 0.5) is 5.82 Å². The second-order valence-electron chi connectivity index (χ2n) is 6.39. The molecular weight excluding hydrogens is 356 g/mol. The highest BCUT2D eigenvalue weighted by molar-refractivity contribution is 6.04. The lowest BCUT2D eigenvalue weighted by molar-refractivity contribution is 0.102. The normalized spacial score (nSPS) is 11.2. The number of anilines is 1. The van der Waals surface area contributed by atoms with Crippen molar-refractivity contribution in [3.63, 3.8) is 0 Å². The number of hydrogen-bond acceptors (Lipinski definition) is 6. The first kappa shape index (κ1) is 16.1. The Labute approximate surface area is 158 Å². The van der Waals surface area contributed by atoms with E-state index in [0.717, 1.165) is 27.4 Å². The van der Waals surface area contributed by atoms with Gasteiger partial charge in [-0.3, -0.25) is 9.48 Å². The van der Waals surface area contributed by atoms with E-state index in [1.807, 2.05) is 31.4 Å². The van der Waals surface area contributed by atoms with Crippen LogP contribution in [0.2, 0.25) is 0 Å². The summed E-state index contributed by atoms with van der Waals surface area (Å²) in [5, 5.41) is 16.9. The minimum Gasteiger partial charge on any atom is -0.463 e. The molecule has 0 bridgehead atoms. The van der Waals surface area contributed by atoms with Crippen molar-refractivity contribution in [2.24, 2.45) is 7.05 Å². The Morgan fingerprint density at radius 1 is 1.04 bits per heavy atom. The predicted molar refractivity (Wildman–Crippen MR) is 104 cm³/mol. The first-order valence-electron chi connectivity index (χ1n) is 8.57. The van der Waals surface area contributed by atoms with Crippen molar-refractivity contribution in [2.75, 3.05) is 5.32 Å². The van der Waals surface area contributed by atoms with Gasteiger partial charge in [-0.1, -0.05) is 6.07 Å². The number of hydrogen-bond donors (Lipinski definition) is 1. The van der Waals surface area contributed by atoms with E-state index in [9.17, 15) is 4.79 Å². The number of benzene rings is 1. The van der Waals surface area contributed by atoms with Gasteiger partial charge in [-0.15, -0.1) is 10.2 Å². The summed E-state index contributed by atoms with van der Waals surface area (Å²) in [5.74, 6) is -0.00455. The van der Waals surface area contributed by atoms with Gasteiger partial charge in [-0.05, 0) is 35.9 Å². The van der Waals surface area contributed by atoms with Gasteiger partial charge in [0, 0.05) is 29.6 Å². The minimum absolute atomic E-state index is 0.278. The fourth-order valence-corrected chi connectivity index (χ4v) is 3.03. The molecule has 0 saturated heterocycles. The van der Waals surface area contributed by atoms with Crippen LogP contribution < -0.4 is 5.32 Å². The predicted octanol–water partition coefficient (Wildman–Crippen LogP) is 3.42. The zero-order valence-corrected chi connectivity index (χ0v) is 14.8. The first-order chi connectivity index (χ1) is 13.7. The number of nitrogens with one attached hydrogen (secondary N) is 1. The fourth-order valence-electron chi connectivity index (χ4n) is 3.03. The highest BCUT2D eigenvalue weighted by atomic mass is 16.3. The Morgan fingerprint density at radius 2 is 1.96 bits per heavy atom. The summed E-state index contributed by atoms with van der Waals surface area (Å²) in [6, 6.07) is 11.1. The van der Waals surface area contributed by atoms with Gasteiger partial charge in [0.15, 0.2) is 11.4 Å². The van der Waals surface area contributed by atoms with E-state index in [-0.39, 0.29) is 11.6 Å². The van der Waals surface area contributed by atoms with E-state index >= 15 is 0 Å². The van der Waals surface area contributed by atoms with Gasteiger partial charge in [0.05, 0.1) is 24.2 Å². The van der Waals surface area contributed by atoms with E-state index in [4.69, 9.17) is 4.42 Å². The summed E-state index contributed by atoms with van der Waals surface area (Å²) in [6.45, 7) is 0. The van der Waals surface area contributed by atoms with Gasteiger partial charge in [-0.25, -0.2) is 4.98 Å². The smallest absolute Gasteiger partial charge is 0.275 e. The molecule has 28 heavy (non-hydrogen) atoms. The van der Waals surface area contributed by atoms with Crippen LogP contribution in [0.25, 0.3) is 33.0 Å². The lowest BCUT2D eigenvalue weighted by atomic mass is 10.1. The molecule has 8 nitrogen and oxygen atoms in total. The van der Waals surface area contributed by atoms with Crippen LogP contribution in [0, 0.1) is 0 Å². The summed E-state index contributed by atoms with van der Waals surface area (Å²) < 4.78 is 7.00. The highest BCUT2D eigenvalue weighted by Crippen LogP contribution is 2.24. The van der Waals surface area contributed by atoms with E-state index in [0.29, 0.717) is 11.4 Å². The molecule has 8 heteroatoms. The molecule has 0 unspecified atom stereocenters. The number of carbonyl (C=O) groups is 1. The standard InChI is InChI=1S/C20H14N6O2/c1-26-11-15(9-22-26)12-2-3-16-14(6-12)8-19(25-24-16)23-20(27)17-7-13-4-5-28-18(13)10-21-17/h2-11H,1H3,(H,23,25,27). The van der Waals surface area contributed by atoms with Crippen molar-refractivity contribution in [3.8, 4) is 11.1 Å². The number of aromatic nitrogens is 5. The Hall–Kier alpha value is -4.07. The van der Waals surface area contributed by atoms with Crippen LogP contribution in [0.5, 0.6) is 0 Å². The van der Waals surface area contributed by atoms with Crippen LogP contribution in [0.15, 0.2) is 65.7 Å². The number of aryl methyl sites for hydroxylation is 1. The Kier molecular flexibility index (Phi) is 3.61. The molecule has 1 aromatic carbocycles. The average Bonchev–Trinajstić information content (AvgIpc) is 3.35. The largest absolute Gasteiger partial charge is 0.463 e. The van der Waals surface area contributed by atoms with Crippen molar-refractivity contribution >= 4 is 33.6 Å². The summed E-state index contributed by atoms with van der Waals surface area (Å²) in [7, 11) is 1.87. The maximum atomic E-state index is 12.5. The third-order valence-electron chi connectivity index (χ3n) is 4.44. The second kappa shape index (κ2) is 6.27. The lowest BCUT2D eigenvalue weighted by Crippen LogP contribution is -2.14. The summed E-state index contributed by atoms with van der Waals surface area (Å²) in [6.07, 6.45) is 6.82. The molecule has 0 aliphatic carbocycles. The zero-order chi connectivity index (χ0) is 19.1. The molecule has 0 radical (unpaired) electrons. The second-order valence-corrected chi connectivity index (χ2v) is 6.39. The molecule has 136 valence electrons. The molecule has 1 amide bonds. The van der Waals surface area contributed by atoms with Crippen molar-refractivity contribution in [1.82, 2.24) is 25.0 Å². The molecular formula is C20H14N6O2. The fraction of sp³-hybridized carbons (Fsp3) is 0.0500. The molecule has 5 aromatic rings. The maximum Gasteiger partial charge on any atom is 0.275 e. The molecule has 0 spiro atoms. The van der Waals surface area contributed by atoms with Crippen LogP contribution in [-0.2, 0) is 7.05 Å². The van der Waals surface area contributed by atoms with Crippen LogP contribution >= 0.6 is 0 Å². The van der Waals surface area contributed by atoms with Crippen LogP contribution in [-0.4, -0.2) is 30.9 Å². The number of furan rings is 1. The monoisotopic (exact) mass is 370 g/mol.